The lowest BCUT2D eigenvalue weighted by Gasteiger charge is -2.14. The van der Waals surface area contributed by atoms with E-state index in [1.54, 1.807) is 21.1 Å². The molecule has 7 heteroatoms. The third kappa shape index (κ3) is 8.95. The average molecular weight is 448 g/mol. The molecule has 136 valence electrons. The van der Waals surface area contributed by atoms with Crippen LogP contribution in [-0.2, 0) is 11.3 Å². The van der Waals surface area contributed by atoms with Gasteiger partial charge >= 0.3 is 0 Å². The summed E-state index contributed by atoms with van der Waals surface area (Å²) < 4.78 is 5.52. The SMILES string of the molecule is CN=C(NCc1cccc(OCC(=O)N(C)C)c1)NCC(C)C.I. The van der Waals surface area contributed by atoms with E-state index in [4.69, 9.17) is 4.74 Å². The predicted molar refractivity (Wildman–Crippen MR) is 109 cm³/mol. The van der Waals surface area contributed by atoms with Gasteiger partial charge in [-0.05, 0) is 23.6 Å². The molecule has 1 rings (SSSR count). The van der Waals surface area contributed by atoms with Gasteiger partial charge in [-0.1, -0.05) is 26.0 Å². The number of guanidine groups is 1. The maximum atomic E-state index is 11.5. The fourth-order valence-corrected chi connectivity index (χ4v) is 1.73. The van der Waals surface area contributed by atoms with Crippen molar-refractivity contribution in [1.29, 1.82) is 0 Å². The van der Waals surface area contributed by atoms with Crippen molar-refractivity contribution in [3.63, 3.8) is 0 Å². The maximum absolute atomic E-state index is 11.5. The highest BCUT2D eigenvalue weighted by atomic mass is 127. The van der Waals surface area contributed by atoms with Crippen LogP contribution in [0.1, 0.15) is 19.4 Å². The third-order valence-electron chi connectivity index (χ3n) is 3.12. The van der Waals surface area contributed by atoms with Crippen LogP contribution < -0.4 is 15.4 Å². The molecule has 0 aliphatic carbocycles. The second-order valence-electron chi connectivity index (χ2n) is 5.92. The lowest BCUT2D eigenvalue weighted by atomic mass is 10.2. The Bertz CT molecular complexity index is 533. The summed E-state index contributed by atoms with van der Waals surface area (Å²) >= 11 is 0. The van der Waals surface area contributed by atoms with E-state index in [9.17, 15) is 4.79 Å². The van der Waals surface area contributed by atoms with Crippen molar-refractivity contribution >= 4 is 35.8 Å². The Balaban J connectivity index is 0.00000529. The Morgan fingerprint density at radius 1 is 1.29 bits per heavy atom. The first-order valence-electron chi connectivity index (χ1n) is 7.78. The van der Waals surface area contributed by atoms with E-state index in [-0.39, 0.29) is 36.5 Å². The summed E-state index contributed by atoms with van der Waals surface area (Å²) in [6, 6.07) is 7.68. The van der Waals surface area contributed by atoms with Crippen LogP contribution >= 0.6 is 24.0 Å². The molecule has 0 radical (unpaired) electrons. The second kappa shape index (κ2) is 11.9. The number of nitrogens with zero attached hydrogens (tertiary/aromatic N) is 2. The molecule has 0 aliphatic rings. The smallest absolute Gasteiger partial charge is 0.259 e. The number of carbonyl (C=O) groups is 1. The molecule has 0 fully saturated rings. The van der Waals surface area contributed by atoms with Gasteiger partial charge in [0.15, 0.2) is 12.6 Å². The van der Waals surface area contributed by atoms with Crippen LogP contribution in [-0.4, -0.2) is 51.1 Å². The molecular weight excluding hydrogens is 419 g/mol. The molecule has 0 aliphatic heterocycles. The summed E-state index contributed by atoms with van der Waals surface area (Å²) in [6.45, 7) is 5.85. The van der Waals surface area contributed by atoms with Crippen LogP contribution in [0.15, 0.2) is 29.3 Å². The number of carbonyl (C=O) groups excluding carboxylic acids is 1. The molecule has 0 heterocycles. The lowest BCUT2D eigenvalue weighted by Crippen LogP contribution is -2.38. The molecule has 0 aromatic heterocycles. The van der Waals surface area contributed by atoms with Gasteiger partial charge in [-0.15, -0.1) is 24.0 Å². The van der Waals surface area contributed by atoms with Gasteiger partial charge in [0.05, 0.1) is 0 Å². The number of likely N-dealkylation sites (N-methyl/N-ethyl adjacent to an activating group) is 1. The number of benzene rings is 1. The topological polar surface area (TPSA) is 66.0 Å². The lowest BCUT2D eigenvalue weighted by molar-refractivity contribution is -0.130. The van der Waals surface area contributed by atoms with Gasteiger partial charge in [0.2, 0.25) is 0 Å². The van der Waals surface area contributed by atoms with Crippen LogP contribution in [0.3, 0.4) is 0 Å². The molecule has 0 saturated carbocycles. The predicted octanol–water partition coefficient (Wildman–Crippen LogP) is 2.09. The van der Waals surface area contributed by atoms with Crippen molar-refractivity contribution in [3.05, 3.63) is 29.8 Å². The van der Waals surface area contributed by atoms with E-state index in [0.717, 1.165) is 18.1 Å². The standard InChI is InChI=1S/C17H28N4O2.HI/c1-13(2)10-19-17(18-3)20-11-14-7-6-8-15(9-14)23-12-16(22)21(4)5;/h6-9,13H,10-12H2,1-5H3,(H2,18,19,20);1H. The quantitative estimate of drug-likeness (QED) is 0.381. The minimum absolute atomic E-state index is 0. The Hall–Kier alpha value is -1.51. The maximum Gasteiger partial charge on any atom is 0.259 e. The van der Waals surface area contributed by atoms with Crippen LogP contribution in [0.5, 0.6) is 5.75 Å². The van der Waals surface area contributed by atoms with Gasteiger partial charge < -0.3 is 20.3 Å². The molecular formula is C17H29IN4O2. The highest BCUT2D eigenvalue weighted by Crippen LogP contribution is 2.13. The summed E-state index contributed by atoms with van der Waals surface area (Å²) in [7, 11) is 5.17. The Morgan fingerprint density at radius 3 is 2.58 bits per heavy atom. The largest absolute Gasteiger partial charge is 0.484 e. The number of halogens is 1. The Morgan fingerprint density at radius 2 is 2.00 bits per heavy atom. The monoisotopic (exact) mass is 448 g/mol. The summed E-state index contributed by atoms with van der Waals surface area (Å²) in [6.07, 6.45) is 0. The summed E-state index contributed by atoms with van der Waals surface area (Å²) in [5.74, 6) is 1.95. The van der Waals surface area contributed by atoms with Crippen molar-refractivity contribution in [1.82, 2.24) is 15.5 Å². The van der Waals surface area contributed by atoms with Gasteiger partial charge in [-0.25, -0.2) is 0 Å². The zero-order valence-corrected chi connectivity index (χ0v) is 17.5. The summed E-state index contributed by atoms with van der Waals surface area (Å²) in [5.41, 5.74) is 1.06. The van der Waals surface area contributed by atoms with Crippen molar-refractivity contribution in [2.45, 2.75) is 20.4 Å². The molecule has 0 bridgehead atoms. The molecule has 24 heavy (non-hydrogen) atoms. The highest BCUT2D eigenvalue weighted by Gasteiger charge is 2.05. The highest BCUT2D eigenvalue weighted by molar-refractivity contribution is 14.0. The van der Waals surface area contributed by atoms with E-state index >= 15 is 0 Å². The van der Waals surface area contributed by atoms with E-state index < -0.39 is 0 Å². The van der Waals surface area contributed by atoms with E-state index in [2.05, 4.69) is 29.5 Å². The van der Waals surface area contributed by atoms with E-state index in [0.29, 0.717) is 18.2 Å². The molecule has 0 spiro atoms. The molecule has 0 unspecified atom stereocenters. The molecule has 1 aromatic carbocycles. The molecule has 2 N–H and O–H groups in total. The number of ether oxygens (including phenoxy) is 1. The third-order valence-corrected chi connectivity index (χ3v) is 3.12. The number of hydrogen-bond acceptors (Lipinski definition) is 3. The summed E-state index contributed by atoms with van der Waals surface area (Å²) in [5, 5.41) is 6.52. The zero-order chi connectivity index (χ0) is 17.2. The van der Waals surface area contributed by atoms with Gasteiger partial charge in [0.1, 0.15) is 5.75 Å². The normalized spacial score (nSPS) is 10.8. The number of hydrogen-bond donors (Lipinski definition) is 2. The number of aliphatic imine (C=N–C) groups is 1. The molecule has 1 aromatic rings. The van der Waals surface area contributed by atoms with Gasteiger partial charge in [-0.3, -0.25) is 9.79 Å². The van der Waals surface area contributed by atoms with Crippen LogP contribution in [0.4, 0.5) is 0 Å². The Kier molecular flexibility index (Phi) is 11.2. The first-order chi connectivity index (χ1) is 10.9. The molecule has 0 saturated heterocycles. The van der Waals surface area contributed by atoms with Gasteiger partial charge in [0.25, 0.3) is 5.91 Å². The van der Waals surface area contributed by atoms with Crippen molar-refractivity contribution in [2.75, 3.05) is 34.3 Å². The fraction of sp³-hybridized carbons (Fsp3) is 0.529. The molecule has 1 amide bonds. The van der Waals surface area contributed by atoms with Crippen LogP contribution in [0.25, 0.3) is 0 Å². The second-order valence-corrected chi connectivity index (χ2v) is 5.92. The Labute approximate surface area is 162 Å². The molecule has 0 atom stereocenters. The van der Waals surface area contributed by atoms with E-state index in [1.165, 1.54) is 4.90 Å². The minimum atomic E-state index is -0.0631. The van der Waals surface area contributed by atoms with Crippen molar-refractivity contribution < 1.29 is 9.53 Å². The van der Waals surface area contributed by atoms with Crippen LogP contribution in [0.2, 0.25) is 0 Å². The van der Waals surface area contributed by atoms with E-state index in [1.807, 2.05) is 24.3 Å². The fourth-order valence-electron chi connectivity index (χ4n) is 1.73. The van der Waals surface area contributed by atoms with Gasteiger partial charge in [0, 0.05) is 34.2 Å². The average Bonchev–Trinajstić information content (AvgIpc) is 2.52. The first kappa shape index (κ1) is 22.5. The number of nitrogens with one attached hydrogen (secondary N) is 2. The minimum Gasteiger partial charge on any atom is -0.484 e. The zero-order valence-electron chi connectivity index (χ0n) is 15.1. The first-order valence-corrected chi connectivity index (χ1v) is 7.78. The van der Waals surface area contributed by atoms with Gasteiger partial charge in [-0.2, -0.15) is 0 Å². The summed E-state index contributed by atoms with van der Waals surface area (Å²) in [4.78, 5) is 17.2. The van der Waals surface area contributed by atoms with Crippen molar-refractivity contribution in [2.24, 2.45) is 10.9 Å². The number of amides is 1. The number of rotatable bonds is 7. The van der Waals surface area contributed by atoms with Crippen molar-refractivity contribution in [3.8, 4) is 5.75 Å². The van der Waals surface area contributed by atoms with Crippen LogP contribution in [0, 0.1) is 5.92 Å². The molecule has 6 nitrogen and oxygen atoms in total.